The second-order valence-corrected chi connectivity index (χ2v) is 9.09. The van der Waals surface area contributed by atoms with E-state index in [0.29, 0.717) is 29.8 Å². The maximum Gasteiger partial charge on any atom is 0.271 e. The quantitative estimate of drug-likeness (QED) is 0.573. The summed E-state index contributed by atoms with van der Waals surface area (Å²) in [5, 5.41) is 25.1. The van der Waals surface area contributed by atoms with Crippen LogP contribution in [0.4, 0.5) is 11.4 Å². The minimum Gasteiger partial charge on any atom is -0.384 e. The number of ketones is 1. The Morgan fingerprint density at radius 1 is 1.33 bits per heavy atom. The lowest BCUT2D eigenvalue weighted by atomic mass is 9.69. The van der Waals surface area contributed by atoms with E-state index >= 15 is 0 Å². The van der Waals surface area contributed by atoms with Crippen LogP contribution in [0.15, 0.2) is 63.8 Å². The van der Waals surface area contributed by atoms with Crippen molar-refractivity contribution in [1.29, 1.82) is 5.26 Å². The maximum absolute atomic E-state index is 13.3. The Labute approximate surface area is 177 Å². The molecular formula is C22H20N4O3S. The number of carbonyl (C=O) groups is 1. The van der Waals surface area contributed by atoms with Gasteiger partial charge in [-0.2, -0.15) is 16.6 Å². The van der Waals surface area contributed by atoms with Crippen molar-refractivity contribution in [1.82, 2.24) is 0 Å². The number of rotatable bonds is 3. The molecule has 8 heteroatoms. The summed E-state index contributed by atoms with van der Waals surface area (Å²) in [5.74, 6) is -0.332. The number of hydrogen-bond acceptors (Lipinski definition) is 7. The lowest BCUT2D eigenvalue weighted by molar-refractivity contribution is -0.384. The van der Waals surface area contributed by atoms with Gasteiger partial charge in [0.25, 0.3) is 5.69 Å². The van der Waals surface area contributed by atoms with Crippen molar-refractivity contribution in [3.63, 3.8) is 0 Å². The van der Waals surface area contributed by atoms with Gasteiger partial charge < -0.3 is 5.73 Å². The number of thiophene rings is 1. The number of anilines is 1. The van der Waals surface area contributed by atoms with Crippen molar-refractivity contribution >= 4 is 28.5 Å². The highest BCUT2D eigenvalue weighted by Crippen LogP contribution is 2.50. The standard InChI is InChI=1S/C22H20N4O3S/c1-22(2)9-17-20(18(27)10-22)19(13-6-7-30-12-13)16(11-23)21(24)25(17)14-4-3-5-15(8-14)26(28)29/h3-8,12,19H,9-10,24H2,1-2H3/t19-/m0/s1. The Bertz CT molecular complexity index is 1160. The van der Waals surface area contributed by atoms with Crippen LogP contribution in [-0.2, 0) is 4.79 Å². The van der Waals surface area contributed by atoms with E-state index in [-0.39, 0.29) is 28.3 Å². The first-order valence-electron chi connectivity index (χ1n) is 9.46. The van der Waals surface area contributed by atoms with Gasteiger partial charge in [-0.15, -0.1) is 0 Å². The molecule has 0 saturated heterocycles. The molecule has 1 aliphatic carbocycles. The van der Waals surface area contributed by atoms with Crippen LogP contribution in [0.25, 0.3) is 0 Å². The molecular weight excluding hydrogens is 400 g/mol. The third-order valence-corrected chi connectivity index (χ3v) is 6.26. The number of benzene rings is 1. The van der Waals surface area contributed by atoms with E-state index in [1.807, 2.05) is 30.7 Å². The van der Waals surface area contributed by atoms with Crippen LogP contribution < -0.4 is 10.6 Å². The van der Waals surface area contributed by atoms with Crippen LogP contribution in [0.3, 0.4) is 0 Å². The molecule has 0 bridgehead atoms. The molecule has 0 amide bonds. The SMILES string of the molecule is CC1(C)CC(=O)C2=C(C1)N(c1cccc([N+](=O)[O-])c1)C(N)=C(C#N)[C@@H]2c1ccsc1. The van der Waals surface area contributed by atoms with Gasteiger partial charge in [-0.05, 0) is 40.3 Å². The van der Waals surface area contributed by atoms with Crippen LogP contribution in [0.2, 0.25) is 0 Å². The van der Waals surface area contributed by atoms with Gasteiger partial charge in [0.2, 0.25) is 0 Å². The van der Waals surface area contributed by atoms with Crippen LogP contribution >= 0.6 is 11.3 Å². The van der Waals surface area contributed by atoms with Crippen molar-refractivity contribution in [3.05, 3.63) is 79.4 Å². The zero-order valence-electron chi connectivity index (χ0n) is 16.6. The maximum atomic E-state index is 13.3. The monoisotopic (exact) mass is 420 g/mol. The molecule has 2 aliphatic rings. The van der Waals surface area contributed by atoms with Gasteiger partial charge in [-0.1, -0.05) is 19.9 Å². The van der Waals surface area contributed by atoms with Crippen LogP contribution in [0.5, 0.6) is 0 Å². The molecule has 0 unspecified atom stereocenters. The van der Waals surface area contributed by atoms with Crippen molar-refractivity contribution in [3.8, 4) is 6.07 Å². The van der Waals surface area contributed by atoms with Crippen LogP contribution in [-0.4, -0.2) is 10.7 Å². The summed E-state index contributed by atoms with van der Waals surface area (Å²) in [4.78, 5) is 25.8. The van der Waals surface area contributed by atoms with E-state index in [2.05, 4.69) is 6.07 Å². The van der Waals surface area contributed by atoms with Crippen molar-refractivity contribution < 1.29 is 9.72 Å². The molecule has 7 nitrogen and oxygen atoms in total. The highest BCUT2D eigenvalue weighted by atomic mass is 32.1. The molecule has 4 rings (SSSR count). The van der Waals surface area contributed by atoms with Gasteiger partial charge in [-0.25, -0.2) is 0 Å². The topological polar surface area (TPSA) is 113 Å². The van der Waals surface area contributed by atoms with Gasteiger partial charge in [0, 0.05) is 29.8 Å². The number of carbonyl (C=O) groups excluding carboxylic acids is 1. The number of hydrogen-bond donors (Lipinski definition) is 1. The Hall–Kier alpha value is -3.44. The minimum atomic E-state index is -0.519. The van der Waals surface area contributed by atoms with Gasteiger partial charge in [-0.3, -0.25) is 19.8 Å². The molecule has 1 aliphatic heterocycles. The summed E-state index contributed by atoms with van der Waals surface area (Å²) in [6, 6.07) is 10.2. The molecule has 0 fully saturated rings. The number of nitro benzene ring substituents is 1. The Balaban J connectivity index is 1.99. The first kappa shape index (κ1) is 19.9. The fourth-order valence-corrected chi connectivity index (χ4v) is 5.01. The second-order valence-electron chi connectivity index (χ2n) is 8.31. The van der Waals surface area contributed by atoms with E-state index in [9.17, 15) is 20.2 Å². The molecule has 0 spiro atoms. The zero-order valence-corrected chi connectivity index (χ0v) is 17.4. The minimum absolute atomic E-state index is 0.0202. The van der Waals surface area contributed by atoms with Gasteiger partial charge in [0.05, 0.1) is 28.2 Å². The summed E-state index contributed by atoms with van der Waals surface area (Å²) in [7, 11) is 0. The summed E-state index contributed by atoms with van der Waals surface area (Å²) < 4.78 is 0. The molecule has 152 valence electrons. The molecule has 0 saturated carbocycles. The average molecular weight is 420 g/mol. The van der Waals surface area contributed by atoms with Gasteiger partial charge >= 0.3 is 0 Å². The van der Waals surface area contributed by atoms with Crippen molar-refractivity contribution in [2.75, 3.05) is 4.90 Å². The van der Waals surface area contributed by atoms with Gasteiger partial charge in [0.1, 0.15) is 5.82 Å². The fraction of sp³-hybridized carbons (Fsp3) is 0.273. The summed E-state index contributed by atoms with van der Waals surface area (Å²) in [6.07, 6.45) is 0.935. The van der Waals surface area contributed by atoms with E-state index < -0.39 is 10.8 Å². The highest BCUT2D eigenvalue weighted by Gasteiger charge is 2.44. The third kappa shape index (κ3) is 3.17. The molecule has 2 N–H and O–H groups in total. The van der Waals surface area contributed by atoms with Crippen molar-refractivity contribution in [2.45, 2.75) is 32.6 Å². The molecule has 2 aromatic rings. The molecule has 30 heavy (non-hydrogen) atoms. The van der Waals surface area contributed by atoms with Gasteiger partial charge in [0.15, 0.2) is 5.78 Å². The van der Waals surface area contributed by atoms with Crippen LogP contribution in [0.1, 0.15) is 38.2 Å². The van der Waals surface area contributed by atoms with Crippen molar-refractivity contribution in [2.24, 2.45) is 11.1 Å². The van der Waals surface area contributed by atoms with E-state index in [4.69, 9.17) is 5.73 Å². The molecule has 0 radical (unpaired) electrons. The number of nitrogens with zero attached hydrogens (tertiary/aromatic N) is 3. The molecule has 2 heterocycles. The predicted molar refractivity (Wildman–Crippen MR) is 115 cm³/mol. The Morgan fingerprint density at radius 3 is 2.73 bits per heavy atom. The summed E-state index contributed by atoms with van der Waals surface area (Å²) in [6.45, 7) is 4.03. The zero-order chi connectivity index (χ0) is 21.6. The summed E-state index contributed by atoms with van der Waals surface area (Å²) >= 11 is 1.49. The molecule has 1 aromatic heterocycles. The number of nitriles is 1. The molecule has 1 atom stereocenters. The number of Topliss-reactive ketones (excluding diaryl/α,β-unsaturated/α-hetero) is 1. The predicted octanol–water partition coefficient (Wildman–Crippen LogP) is 4.60. The number of nitrogens with two attached hydrogens (primary N) is 1. The summed E-state index contributed by atoms with van der Waals surface area (Å²) in [5.41, 5.74) is 9.01. The third-order valence-electron chi connectivity index (χ3n) is 5.56. The van der Waals surface area contributed by atoms with E-state index in [1.165, 1.54) is 23.5 Å². The van der Waals surface area contributed by atoms with Crippen LogP contribution in [0, 0.1) is 26.9 Å². The van der Waals surface area contributed by atoms with E-state index in [1.54, 1.807) is 17.0 Å². The average Bonchev–Trinajstić information content (AvgIpc) is 3.20. The van der Waals surface area contributed by atoms with E-state index in [0.717, 1.165) is 5.56 Å². The normalized spacial score (nSPS) is 20.8. The number of allylic oxidation sites excluding steroid dienone is 3. The fourth-order valence-electron chi connectivity index (χ4n) is 4.32. The number of nitro groups is 1. The lowest BCUT2D eigenvalue weighted by Gasteiger charge is -2.43. The Morgan fingerprint density at radius 2 is 2.10 bits per heavy atom. The first-order valence-corrected chi connectivity index (χ1v) is 10.4. The molecule has 1 aromatic carbocycles. The number of non-ortho nitro benzene ring substituents is 1. The lowest BCUT2D eigenvalue weighted by Crippen LogP contribution is -2.42. The second kappa shape index (κ2) is 7.11. The smallest absolute Gasteiger partial charge is 0.271 e. The highest BCUT2D eigenvalue weighted by molar-refractivity contribution is 7.08. The Kier molecular flexibility index (Phi) is 4.71. The first-order chi connectivity index (χ1) is 14.2. The largest absolute Gasteiger partial charge is 0.384 e.